The van der Waals surface area contributed by atoms with E-state index in [9.17, 15) is 14.0 Å². The van der Waals surface area contributed by atoms with Gasteiger partial charge in [0.05, 0.1) is 11.1 Å². The van der Waals surface area contributed by atoms with Crippen LogP contribution in [0.3, 0.4) is 0 Å². The largest absolute Gasteiger partial charge is 0.366 e. The van der Waals surface area contributed by atoms with Crippen LogP contribution in [0.2, 0.25) is 0 Å². The highest BCUT2D eigenvalue weighted by molar-refractivity contribution is 6.07. The lowest BCUT2D eigenvalue weighted by atomic mass is 9.91. The van der Waals surface area contributed by atoms with Crippen LogP contribution in [0.15, 0.2) is 18.7 Å². The molecule has 6 heteroatoms. The quantitative estimate of drug-likeness (QED) is 0.849. The molecule has 0 saturated carbocycles. The molecule has 2 heterocycles. The van der Waals surface area contributed by atoms with Gasteiger partial charge in [0.1, 0.15) is 5.82 Å². The molecule has 0 radical (unpaired) electrons. The minimum atomic E-state index is -0.665. The summed E-state index contributed by atoms with van der Waals surface area (Å²) in [4.78, 5) is 28.3. The first-order valence-electron chi connectivity index (χ1n) is 7.87. The molecule has 3 N–H and O–H groups in total. The SMILES string of the molecule is C=CC(=O)N1CCC(c2c(F)cc(C(N)=O)c3[nH]c(C)c(C)c23)C1. The third-order valence-electron chi connectivity index (χ3n) is 4.92. The Hall–Kier alpha value is -2.63. The van der Waals surface area contributed by atoms with Crippen LogP contribution in [0.25, 0.3) is 10.9 Å². The molecule has 1 aliphatic rings. The van der Waals surface area contributed by atoms with Crippen molar-refractivity contribution in [1.82, 2.24) is 9.88 Å². The first kappa shape index (κ1) is 16.2. The molecule has 2 amide bonds. The molecule has 0 aliphatic carbocycles. The number of aryl methyl sites for hydroxylation is 2. The smallest absolute Gasteiger partial charge is 0.250 e. The van der Waals surface area contributed by atoms with E-state index in [-0.39, 0.29) is 17.4 Å². The normalized spacial score (nSPS) is 17.5. The van der Waals surface area contributed by atoms with E-state index >= 15 is 0 Å². The number of carbonyl (C=O) groups is 2. The number of primary amides is 1. The van der Waals surface area contributed by atoms with Crippen molar-refractivity contribution in [3.8, 4) is 0 Å². The highest BCUT2D eigenvalue weighted by Crippen LogP contribution is 2.38. The summed E-state index contributed by atoms with van der Waals surface area (Å²) in [5.41, 5.74) is 8.45. The number of aromatic nitrogens is 1. The second-order valence-corrected chi connectivity index (χ2v) is 6.28. The van der Waals surface area contributed by atoms with Crippen molar-refractivity contribution in [2.24, 2.45) is 5.73 Å². The van der Waals surface area contributed by atoms with Gasteiger partial charge in [0.25, 0.3) is 5.91 Å². The van der Waals surface area contributed by atoms with Crippen molar-refractivity contribution < 1.29 is 14.0 Å². The maximum absolute atomic E-state index is 14.8. The van der Waals surface area contributed by atoms with Gasteiger partial charge in [-0.25, -0.2) is 4.39 Å². The van der Waals surface area contributed by atoms with Gasteiger partial charge in [0.2, 0.25) is 5.91 Å². The maximum atomic E-state index is 14.8. The molecule has 2 aromatic rings. The molecule has 1 unspecified atom stereocenters. The lowest BCUT2D eigenvalue weighted by molar-refractivity contribution is -0.125. The summed E-state index contributed by atoms with van der Waals surface area (Å²) in [5, 5.41) is 0.708. The molecular formula is C18H20FN3O2. The van der Waals surface area contributed by atoms with Gasteiger partial charge in [-0.3, -0.25) is 9.59 Å². The Kier molecular flexibility index (Phi) is 3.91. The van der Waals surface area contributed by atoms with Gasteiger partial charge in [0.15, 0.2) is 0 Å². The molecular weight excluding hydrogens is 309 g/mol. The van der Waals surface area contributed by atoms with Crippen LogP contribution in [-0.2, 0) is 4.79 Å². The Balaban J connectivity index is 2.17. The van der Waals surface area contributed by atoms with E-state index in [1.807, 2.05) is 13.8 Å². The summed E-state index contributed by atoms with van der Waals surface area (Å²) in [6, 6.07) is 1.20. The van der Waals surface area contributed by atoms with Crippen molar-refractivity contribution in [3.05, 3.63) is 46.9 Å². The van der Waals surface area contributed by atoms with Gasteiger partial charge < -0.3 is 15.6 Å². The first-order valence-corrected chi connectivity index (χ1v) is 7.87. The lowest BCUT2D eigenvalue weighted by Crippen LogP contribution is -2.26. The van der Waals surface area contributed by atoms with Crippen LogP contribution in [0, 0.1) is 19.7 Å². The number of likely N-dealkylation sites (tertiary alicyclic amines) is 1. The van der Waals surface area contributed by atoms with Crippen molar-refractivity contribution in [3.63, 3.8) is 0 Å². The first-order chi connectivity index (χ1) is 11.3. The number of amides is 2. The molecule has 1 fully saturated rings. The Bertz CT molecular complexity index is 869. The summed E-state index contributed by atoms with van der Waals surface area (Å²) >= 11 is 0. The number of rotatable bonds is 3. The second kappa shape index (κ2) is 5.78. The minimum absolute atomic E-state index is 0.118. The number of hydrogen-bond acceptors (Lipinski definition) is 2. The molecule has 24 heavy (non-hydrogen) atoms. The molecule has 1 atom stereocenters. The fraction of sp³-hybridized carbons (Fsp3) is 0.333. The van der Waals surface area contributed by atoms with Crippen LogP contribution in [0.5, 0.6) is 0 Å². The predicted molar refractivity (Wildman–Crippen MR) is 90.4 cm³/mol. The average Bonchev–Trinajstić information content (AvgIpc) is 3.13. The number of fused-ring (bicyclic) bond motifs is 1. The summed E-state index contributed by atoms with van der Waals surface area (Å²) in [6.07, 6.45) is 1.95. The number of benzene rings is 1. The van der Waals surface area contributed by atoms with E-state index in [0.717, 1.165) is 11.3 Å². The maximum Gasteiger partial charge on any atom is 0.250 e. The number of hydrogen-bond donors (Lipinski definition) is 2. The van der Waals surface area contributed by atoms with Gasteiger partial charge >= 0.3 is 0 Å². The molecule has 5 nitrogen and oxygen atoms in total. The van der Waals surface area contributed by atoms with Crippen molar-refractivity contribution in [1.29, 1.82) is 0 Å². The number of H-pyrrole nitrogens is 1. The standard InChI is InChI=1S/C18H20FN3O2/c1-4-14(23)22-6-5-11(8-22)16-13(19)7-12(18(20)24)17-15(16)9(2)10(3)21-17/h4,7,11,21H,1,5-6,8H2,2-3H3,(H2,20,24). The van der Waals surface area contributed by atoms with Gasteiger partial charge in [0, 0.05) is 35.7 Å². The Morgan fingerprint density at radius 3 is 2.79 bits per heavy atom. The highest BCUT2D eigenvalue weighted by Gasteiger charge is 2.31. The topological polar surface area (TPSA) is 79.2 Å². The highest BCUT2D eigenvalue weighted by atomic mass is 19.1. The van der Waals surface area contributed by atoms with E-state index < -0.39 is 11.7 Å². The van der Waals surface area contributed by atoms with E-state index in [4.69, 9.17) is 5.73 Å². The third-order valence-corrected chi connectivity index (χ3v) is 4.92. The zero-order chi connectivity index (χ0) is 17.6. The van der Waals surface area contributed by atoms with Gasteiger partial charge in [-0.05, 0) is 38.0 Å². The molecule has 1 aliphatic heterocycles. The fourth-order valence-corrected chi connectivity index (χ4v) is 3.57. The van der Waals surface area contributed by atoms with Crippen molar-refractivity contribution in [2.75, 3.05) is 13.1 Å². The van der Waals surface area contributed by atoms with Gasteiger partial charge in [-0.1, -0.05) is 6.58 Å². The molecule has 1 saturated heterocycles. The average molecular weight is 329 g/mol. The monoisotopic (exact) mass is 329 g/mol. The summed E-state index contributed by atoms with van der Waals surface area (Å²) in [5.74, 6) is -1.38. The molecule has 3 rings (SSSR count). The van der Waals surface area contributed by atoms with Crippen LogP contribution in [0.1, 0.15) is 39.5 Å². The van der Waals surface area contributed by atoms with Crippen LogP contribution in [-0.4, -0.2) is 34.8 Å². The van der Waals surface area contributed by atoms with Crippen LogP contribution < -0.4 is 5.73 Å². The number of nitrogens with one attached hydrogen (secondary N) is 1. The summed E-state index contributed by atoms with van der Waals surface area (Å²) < 4.78 is 14.8. The lowest BCUT2D eigenvalue weighted by Gasteiger charge is -2.17. The Morgan fingerprint density at radius 2 is 2.17 bits per heavy atom. The number of halogens is 1. The fourth-order valence-electron chi connectivity index (χ4n) is 3.57. The molecule has 1 aromatic carbocycles. The van der Waals surface area contributed by atoms with Gasteiger partial charge in [-0.15, -0.1) is 0 Å². The molecule has 1 aromatic heterocycles. The van der Waals surface area contributed by atoms with E-state index in [1.54, 1.807) is 4.90 Å². The van der Waals surface area contributed by atoms with Crippen LogP contribution in [0.4, 0.5) is 4.39 Å². The third kappa shape index (κ3) is 2.38. The van der Waals surface area contributed by atoms with Crippen LogP contribution >= 0.6 is 0 Å². The van der Waals surface area contributed by atoms with E-state index in [2.05, 4.69) is 11.6 Å². The summed E-state index contributed by atoms with van der Waals surface area (Å²) in [6.45, 7) is 8.28. The molecule has 126 valence electrons. The second-order valence-electron chi connectivity index (χ2n) is 6.28. The Labute approximate surface area is 139 Å². The number of nitrogens with zero attached hydrogens (tertiary/aromatic N) is 1. The van der Waals surface area contributed by atoms with Crippen molar-refractivity contribution >= 4 is 22.7 Å². The number of nitrogens with two attached hydrogens (primary N) is 1. The van der Waals surface area contributed by atoms with Gasteiger partial charge in [-0.2, -0.15) is 0 Å². The number of aromatic amines is 1. The zero-order valence-corrected chi connectivity index (χ0v) is 13.8. The number of carbonyl (C=O) groups excluding carboxylic acids is 2. The van der Waals surface area contributed by atoms with E-state index in [0.29, 0.717) is 36.0 Å². The van der Waals surface area contributed by atoms with E-state index in [1.165, 1.54) is 12.1 Å². The minimum Gasteiger partial charge on any atom is -0.366 e. The summed E-state index contributed by atoms with van der Waals surface area (Å²) in [7, 11) is 0. The Morgan fingerprint density at radius 1 is 1.46 bits per heavy atom. The molecule has 0 bridgehead atoms. The zero-order valence-electron chi connectivity index (χ0n) is 13.8. The molecule has 0 spiro atoms. The predicted octanol–water partition coefficient (Wildman–Crippen LogP) is 2.52. The van der Waals surface area contributed by atoms with Crippen molar-refractivity contribution in [2.45, 2.75) is 26.2 Å².